The van der Waals surface area contributed by atoms with Gasteiger partial charge in [-0.1, -0.05) is 61.5 Å². The molecule has 0 heterocycles. The SMILES string of the molecule is C[Si](C)(c1ccccc1)C1CCCCC(=O)C1. The third kappa shape index (κ3) is 2.86. The van der Waals surface area contributed by atoms with Gasteiger partial charge in [0.1, 0.15) is 5.78 Å². The van der Waals surface area contributed by atoms with Crippen molar-refractivity contribution < 1.29 is 4.79 Å². The molecule has 92 valence electrons. The van der Waals surface area contributed by atoms with Crippen molar-refractivity contribution in [2.45, 2.75) is 50.7 Å². The molecule has 1 aromatic carbocycles. The van der Waals surface area contributed by atoms with E-state index in [-0.39, 0.29) is 0 Å². The molecule has 1 aliphatic rings. The first-order valence-electron chi connectivity index (χ1n) is 6.68. The van der Waals surface area contributed by atoms with Gasteiger partial charge >= 0.3 is 0 Å². The van der Waals surface area contributed by atoms with E-state index in [2.05, 4.69) is 43.4 Å². The Morgan fingerprint density at radius 3 is 2.53 bits per heavy atom. The monoisotopic (exact) mass is 246 g/mol. The minimum atomic E-state index is -1.47. The summed E-state index contributed by atoms with van der Waals surface area (Å²) in [4.78, 5) is 11.8. The van der Waals surface area contributed by atoms with E-state index < -0.39 is 8.07 Å². The largest absolute Gasteiger partial charge is 0.300 e. The summed E-state index contributed by atoms with van der Waals surface area (Å²) >= 11 is 0. The molecule has 1 aromatic rings. The Bertz CT molecular complexity index is 383. The molecule has 0 aromatic heterocycles. The van der Waals surface area contributed by atoms with Crippen LogP contribution < -0.4 is 5.19 Å². The Kier molecular flexibility index (Phi) is 3.82. The summed E-state index contributed by atoms with van der Waals surface area (Å²) in [5.41, 5.74) is 0.639. The third-order valence-electron chi connectivity index (χ3n) is 4.27. The van der Waals surface area contributed by atoms with Gasteiger partial charge < -0.3 is 0 Å². The first-order valence-corrected chi connectivity index (χ1v) is 9.75. The minimum absolute atomic E-state index is 0.490. The van der Waals surface area contributed by atoms with E-state index in [0.29, 0.717) is 11.3 Å². The topological polar surface area (TPSA) is 17.1 Å². The van der Waals surface area contributed by atoms with Gasteiger partial charge in [0.25, 0.3) is 0 Å². The van der Waals surface area contributed by atoms with Crippen LogP contribution in [0.2, 0.25) is 18.6 Å². The maximum Gasteiger partial charge on any atom is 0.132 e. The van der Waals surface area contributed by atoms with Crippen molar-refractivity contribution in [1.82, 2.24) is 0 Å². The van der Waals surface area contributed by atoms with E-state index in [1.807, 2.05) is 0 Å². The molecule has 1 nitrogen and oxygen atoms in total. The molecule has 0 spiro atoms. The quantitative estimate of drug-likeness (QED) is 0.576. The average Bonchev–Trinajstić information content (AvgIpc) is 2.55. The second-order valence-electron chi connectivity index (χ2n) is 5.77. The lowest BCUT2D eigenvalue weighted by molar-refractivity contribution is -0.118. The summed E-state index contributed by atoms with van der Waals surface area (Å²) in [5.74, 6) is 0.490. The smallest absolute Gasteiger partial charge is 0.132 e. The van der Waals surface area contributed by atoms with E-state index in [1.54, 1.807) is 0 Å². The van der Waals surface area contributed by atoms with Crippen molar-refractivity contribution in [2.75, 3.05) is 0 Å². The maximum absolute atomic E-state index is 11.8. The number of carbonyl (C=O) groups excluding carboxylic acids is 1. The second-order valence-corrected chi connectivity index (χ2v) is 10.6. The zero-order valence-electron chi connectivity index (χ0n) is 10.9. The highest BCUT2D eigenvalue weighted by molar-refractivity contribution is 6.91. The van der Waals surface area contributed by atoms with Gasteiger partial charge in [0, 0.05) is 12.8 Å². The van der Waals surface area contributed by atoms with Crippen LogP contribution in [0.1, 0.15) is 32.1 Å². The molecule has 17 heavy (non-hydrogen) atoms. The maximum atomic E-state index is 11.8. The molecule has 1 fully saturated rings. The Labute approximate surface area is 105 Å². The normalized spacial score (nSPS) is 22.2. The molecule has 1 saturated carbocycles. The van der Waals surface area contributed by atoms with Gasteiger partial charge in [0.05, 0.1) is 8.07 Å². The van der Waals surface area contributed by atoms with Crippen LogP contribution >= 0.6 is 0 Å². The lowest BCUT2D eigenvalue weighted by Gasteiger charge is -2.32. The van der Waals surface area contributed by atoms with Gasteiger partial charge in [-0.25, -0.2) is 0 Å². The van der Waals surface area contributed by atoms with Crippen LogP contribution in [0.15, 0.2) is 30.3 Å². The van der Waals surface area contributed by atoms with Crippen LogP contribution in [-0.4, -0.2) is 13.9 Å². The summed E-state index contributed by atoms with van der Waals surface area (Å²) in [6.45, 7) is 4.84. The second kappa shape index (κ2) is 5.17. The molecule has 1 aliphatic carbocycles. The van der Waals surface area contributed by atoms with Gasteiger partial charge in [-0.3, -0.25) is 4.79 Å². The number of rotatable bonds is 2. The molecule has 2 rings (SSSR count). The molecular weight excluding hydrogens is 224 g/mol. The van der Waals surface area contributed by atoms with Gasteiger partial charge in [-0.15, -0.1) is 0 Å². The van der Waals surface area contributed by atoms with Crippen molar-refractivity contribution >= 4 is 19.0 Å². The van der Waals surface area contributed by atoms with E-state index >= 15 is 0 Å². The van der Waals surface area contributed by atoms with Crippen LogP contribution in [-0.2, 0) is 4.79 Å². The van der Waals surface area contributed by atoms with Gasteiger partial charge in [-0.2, -0.15) is 0 Å². The molecule has 0 bridgehead atoms. The van der Waals surface area contributed by atoms with Crippen molar-refractivity contribution in [3.8, 4) is 0 Å². The molecule has 0 saturated heterocycles. The van der Waals surface area contributed by atoms with Crippen LogP contribution in [0.3, 0.4) is 0 Å². The van der Waals surface area contributed by atoms with Gasteiger partial charge in [0.15, 0.2) is 0 Å². The minimum Gasteiger partial charge on any atom is -0.300 e. The molecule has 1 unspecified atom stereocenters. The predicted octanol–water partition coefficient (Wildman–Crippen LogP) is 3.51. The fourth-order valence-electron chi connectivity index (χ4n) is 2.91. The molecule has 0 radical (unpaired) electrons. The van der Waals surface area contributed by atoms with Crippen molar-refractivity contribution in [3.63, 3.8) is 0 Å². The highest BCUT2D eigenvalue weighted by Crippen LogP contribution is 2.34. The van der Waals surface area contributed by atoms with Gasteiger partial charge in [0.2, 0.25) is 0 Å². The predicted molar refractivity (Wildman–Crippen MR) is 75.4 cm³/mol. The third-order valence-corrected chi connectivity index (χ3v) is 8.63. The first kappa shape index (κ1) is 12.6. The molecule has 1 atom stereocenters. The van der Waals surface area contributed by atoms with Gasteiger partial charge in [-0.05, 0) is 12.0 Å². The number of ketones is 1. The summed E-state index contributed by atoms with van der Waals surface area (Å²) in [7, 11) is -1.47. The van der Waals surface area contributed by atoms with Crippen LogP contribution in [0.4, 0.5) is 0 Å². The lowest BCUT2D eigenvalue weighted by atomic mass is 10.2. The Hall–Kier alpha value is -0.893. The lowest BCUT2D eigenvalue weighted by Crippen LogP contribution is -2.46. The first-order chi connectivity index (χ1) is 8.10. The number of hydrogen-bond acceptors (Lipinski definition) is 1. The fourth-order valence-corrected chi connectivity index (χ4v) is 6.10. The Morgan fingerprint density at radius 1 is 1.12 bits per heavy atom. The number of hydrogen-bond donors (Lipinski definition) is 0. The van der Waals surface area contributed by atoms with Crippen molar-refractivity contribution in [2.24, 2.45) is 0 Å². The summed E-state index contributed by atoms with van der Waals surface area (Å²) in [5, 5.41) is 1.50. The Morgan fingerprint density at radius 2 is 1.82 bits per heavy atom. The zero-order valence-corrected chi connectivity index (χ0v) is 11.9. The van der Waals surface area contributed by atoms with Crippen molar-refractivity contribution in [1.29, 1.82) is 0 Å². The molecular formula is C15H22OSi. The van der Waals surface area contributed by atoms with Crippen LogP contribution in [0.5, 0.6) is 0 Å². The molecule has 0 amide bonds. The van der Waals surface area contributed by atoms with E-state index in [9.17, 15) is 4.79 Å². The van der Waals surface area contributed by atoms with Crippen LogP contribution in [0.25, 0.3) is 0 Å². The van der Waals surface area contributed by atoms with E-state index in [1.165, 1.54) is 18.0 Å². The fraction of sp³-hybridized carbons (Fsp3) is 0.533. The molecule has 0 aliphatic heterocycles. The van der Waals surface area contributed by atoms with E-state index in [4.69, 9.17) is 0 Å². The molecule has 2 heteroatoms. The number of Topliss-reactive ketones (excluding diaryl/α,β-unsaturated/α-hetero) is 1. The average molecular weight is 246 g/mol. The standard InChI is InChI=1S/C15H22OSi/c1-17(2,14-9-4-3-5-10-14)15-11-7-6-8-13(16)12-15/h3-5,9-10,15H,6-8,11-12H2,1-2H3. The highest BCUT2D eigenvalue weighted by atomic mass is 28.3. The summed E-state index contributed by atoms with van der Waals surface area (Å²) in [6.07, 6.45) is 5.23. The summed E-state index contributed by atoms with van der Waals surface area (Å²) < 4.78 is 0. The molecule has 0 N–H and O–H groups in total. The Balaban J connectivity index is 2.22. The number of benzene rings is 1. The van der Waals surface area contributed by atoms with Crippen LogP contribution in [0, 0.1) is 0 Å². The summed E-state index contributed by atoms with van der Waals surface area (Å²) in [6, 6.07) is 10.8. The zero-order chi connectivity index (χ0) is 12.3. The van der Waals surface area contributed by atoms with E-state index in [0.717, 1.165) is 19.3 Å². The van der Waals surface area contributed by atoms with Crippen molar-refractivity contribution in [3.05, 3.63) is 30.3 Å². The number of carbonyl (C=O) groups is 1. The highest BCUT2D eigenvalue weighted by Gasteiger charge is 2.35.